The molecule has 2 aromatic carbocycles. The molecule has 0 radical (unpaired) electrons. The molecule has 134 valence electrons. The van der Waals surface area contributed by atoms with Crippen molar-refractivity contribution in [1.29, 1.82) is 0 Å². The summed E-state index contributed by atoms with van der Waals surface area (Å²) in [6.07, 6.45) is 1.65. The van der Waals surface area contributed by atoms with Crippen molar-refractivity contribution in [1.82, 2.24) is 9.97 Å². The highest BCUT2D eigenvalue weighted by Gasteiger charge is 2.12. The number of hydrogen-bond acceptors (Lipinski definition) is 2. The Morgan fingerprint density at radius 2 is 1.46 bits per heavy atom. The number of hydrogen-bond donors (Lipinski definition) is 0. The third-order valence-corrected chi connectivity index (χ3v) is 5.46. The van der Waals surface area contributed by atoms with Gasteiger partial charge in [0.15, 0.2) is 0 Å². The van der Waals surface area contributed by atoms with Crippen molar-refractivity contribution >= 4 is 0 Å². The maximum absolute atomic E-state index is 4.95. The molecule has 0 bridgehead atoms. The lowest BCUT2D eigenvalue weighted by atomic mass is 9.97. The fraction of sp³-hybridized carbons (Fsp3) is 0.333. The fourth-order valence-electron chi connectivity index (χ4n) is 3.40. The van der Waals surface area contributed by atoms with Crippen molar-refractivity contribution in [3.05, 3.63) is 92.6 Å². The first-order valence-electron chi connectivity index (χ1n) is 9.29. The standard InChI is InChI=1S/C24H28N2/c1-15-10-11-21(17(3)12-15)14-24-25-20(6)19(5)23(26-24)13-22-9-7-8-16(2)18(22)4/h7-12H,13-14H2,1-6H3. The van der Waals surface area contributed by atoms with Gasteiger partial charge in [0.1, 0.15) is 5.82 Å². The van der Waals surface area contributed by atoms with Crippen LogP contribution in [0.2, 0.25) is 0 Å². The van der Waals surface area contributed by atoms with Crippen molar-refractivity contribution in [2.45, 2.75) is 54.4 Å². The SMILES string of the molecule is Cc1ccc(Cc2nc(C)c(C)c(Cc3cccc(C)c3C)n2)c(C)c1. The number of aromatic nitrogens is 2. The molecule has 0 aliphatic heterocycles. The predicted molar refractivity (Wildman–Crippen MR) is 109 cm³/mol. The van der Waals surface area contributed by atoms with Crippen LogP contribution in [0.5, 0.6) is 0 Å². The van der Waals surface area contributed by atoms with Gasteiger partial charge in [0, 0.05) is 18.5 Å². The van der Waals surface area contributed by atoms with Gasteiger partial charge in [-0.3, -0.25) is 0 Å². The summed E-state index contributed by atoms with van der Waals surface area (Å²) >= 11 is 0. The quantitative estimate of drug-likeness (QED) is 0.624. The van der Waals surface area contributed by atoms with E-state index in [4.69, 9.17) is 9.97 Å². The van der Waals surface area contributed by atoms with E-state index in [-0.39, 0.29) is 0 Å². The van der Waals surface area contributed by atoms with Gasteiger partial charge in [0.2, 0.25) is 0 Å². The second-order valence-electron chi connectivity index (χ2n) is 7.44. The predicted octanol–water partition coefficient (Wildman–Crippen LogP) is 5.51. The average Bonchev–Trinajstić information content (AvgIpc) is 2.59. The molecule has 2 heteroatoms. The number of aryl methyl sites for hydroxylation is 4. The summed E-state index contributed by atoms with van der Waals surface area (Å²) in [5.74, 6) is 0.917. The highest BCUT2D eigenvalue weighted by atomic mass is 14.9. The molecular formula is C24H28N2. The molecule has 1 aromatic heterocycles. The molecule has 0 atom stereocenters. The molecular weight excluding hydrogens is 316 g/mol. The fourth-order valence-corrected chi connectivity index (χ4v) is 3.40. The van der Waals surface area contributed by atoms with E-state index in [1.165, 1.54) is 38.9 Å². The normalized spacial score (nSPS) is 11.0. The monoisotopic (exact) mass is 344 g/mol. The van der Waals surface area contributed by atoms with Crippen LogP contribution in [-0.4, -0.2) is 9.97 Å². The van der Waals surface area contributed by atoms with Crippen LogP contribution < -0.4 is 0 Å². The number of nitrogens with zero attached hydrogens (tertiary/aromatic N) is 2. The van der Waals surface area contributed by atoms with Crippen molar-refractivity contribution in [3.8, 4) is 0 Å². The molecule has 2 nitrogen and oxygen atoms in total. The Morgan fingerprint density at radius 1 is 0.692 bits per heavy atom. The largest absolute Gasteiger partial charge is 0.238 e. The summed E-state index contributed by atoms with van der Waals surface area (Å²) in [6, 6.07) is 13.1. The molecule has 0 saturated heterocycles. The van der Waals surface area contributed by atoms with Crippen LogP contribution >= 0.6 is 0 Å². The first-order chi connectivity index (χ1) is 12.3. The second kappa shape index (κ2) is 7.41. The molecule has 0 saturated carbocycles. The Labute approximate surface area is 157 Å². The van der Waals surface area contributed by atoms with Gasteiger partial charge < -0.3 is 0 Å². The van der Waals surface area contributed by atoms with E-state index in [2.05, 4.69) is 77.9 Å². The molecule has 0 unspecified atom stereocenters. The van der Waals surface area contributed by atoms with Crippen molar-refractivity contribution in [2.24, 2.45) is 0 Å². The summed E-state index contributed by atoms with van der Waals surface area (Å²) < 4.78 is 0. The molecule has 0 spiro atoms. The Morgan fingerprint density at radius 3 is 2.19 bits per heavy atom. The van der Waals surface area contributed by atoms with Crippen molar-refractivity contribution < 1.29 is 0 Å². The summed E-state index contributed by atoms with van der Waals surface area (Å²) in [5, 5.41) is 0. The maximum Gasteiger partial charge on any atom is 0.133 e. The minimum absolute atomic E-state index is 0.785. The van der Waals surface area contributed by atoms with E-state index in [1.807, 2.05) is 0 Å². The van der Waals surface area contributed by atoms with E-state index in [9.17, 15) is 0 Å². The average molecular weight is 345 g/mol. The summed E-state index contributed by atoms with van der Waals surface area (Å²) in [5.41, 5.74) is 11.4. The lowest BCUT2D eigenvalue weighted by Crippen LogP contribution is -2.08. The van der Waals surface area contributed by atoms with Gasteiger partial charge in [0.25, 0.3) is 0 Å². The minimum atomic E-state index is 0.785. The minimum Gasteiger partial charge on any atom is -0.238 e. The second-order valence-corrected chi connectivity index (χ2v) is 7.44. The summed E-state index contributed by atoms with van der Waals surface area (Å²) in [4.78, 5) is 9.71. The van der Waals surface area contributed by atoms with Gasteiger partial charge in [-0.25, -0.2) is 9.97 Å². The lowest BCUT2D eigenvalue weighted by molar-refractivity contribution is 0.871. The highest BCUT2D eigenvalue weighted by molar-refractivity contribution is 5.38. The van der Waals surface area contributed by atoms with Crippen LogP contribution in [0.1, 0.15) is 56.2 Å². The third-order valence-electron chi connectivity index (χ3n) is 5.46. The zero-order valence-corrected chi connectivity index (χ0v) is 16.8. The van der Waals surface area contributed by atoms with Crippen LogP contribution in [-0.2, 0) is 12.8 Å². The molecule has 0 aliphatic rings. The maximum atomic E-state index is 4.95. The molecule has 26 heavy (non-hydrogen) atoms. The van der Waals surface area contributed by atoms with Gasteiger partial charge >= 0.3 is 0 Å². The van der Waals surface area contributed by atoms with Crippen LogP contribution in [0.3, 0.4) is 0 Å². The van der Waals surface area contributed by atoms with Gasteiger partial charge in [0.05, 0.1) is 5.69 Å². The topological polar surface area (TPSA) is 25.8 Å². The summed E-state index contributed by atoms with van der Waals surface area (Å²) in [7, 11) is 0. The molecule has 0 fully saturated rings. The molecule has 0 amide bonds. The molecule has 1 heterocycles. The number of benzene rings is 2. The first kappa shape index (κ1) is 18.3. The Hall–Kier alpha value is -2.48. The zero-order chi connectivity index (χ0) is 18.8. The smallest absolute Gasteiger partial charge is 0.133 e. The molecule has 0 N–H and O–H groups in total. The molecule has 3 rings (SSSR count). The van der Waals surface area contributed by atoms with E-state index in [0.717, 1.165) is 30.1 Å². The Bertz CT molecular complexity index is 955. The Balaban J connectivity index is 1.95. The van der Waals surface area contributed by atoms with E-state index < -0.39 is 0 Å². The third kappa shape index (κ3) is 3.85. The Kier molecular flexibility index (Phi) is 5.22. The van der Waals surface area contributed by atoms with E-state index >= 15 is 0 Å². The van der Waals surface area contributed by atoms with Crippen molar-refractivity contribution in [2.75, 3.05) is 0 Å². The van der Waals surface area contributed by atoms with Crippen molar-refractivity contribution in [3.63, 3.8) is 0 Å². The van der Waals surface area contributed by atoms with Gasteiger partial charge in [-0.05, 0) is 74.9 Å². The zero-order valence-electron chi connectivity index (χ0n) is 16.8. The van der Waals surface area contributed by atoms with Crippen LogP contribution in [0.4, 0.5) is 0 Å². The lowest BCUT2D eigenvalue weighted by Gasteiger charge is -2.14. The highest BCUT2D eigenvalue weighted by Crippen LogP contribution is 2.21. The van der Waals surface area contributed by atoms with Gasteiger partial charge in [-0.15, -0.1) is 0 Å². The van der Waals surface area contributed by atoms with Crippen LogP contribution in [0.25, 0.3) is 0 Å². The van der Waals surface area contributed by atoms with Crippen LogP contribution in [0, 0.1) is 41.5 Å². The van der Waals surface area contributed by atoms with E-state index in [0.29, 0.717) is 0 Å². The molecule has 0 aliphatic carbocycles. The van der Waals surface area contributed by atoms with Crippen LogP contribution in [0.15, 0.2) is 36.4 Å². The number of rotatable bonds is 4. The van der Waals surface area contributed by atoms with E-state index in [1.54, 1.807) is 0 Å². The summed E-state index contributed by atoms with van der Waals surface area (Å²) in [6.45, 7) is 12.9. The first-order valence-corrected chi connectivity index (χ1v) is 9.29. The van der Waals surface area contributed by atoms with Gasteiger partial charge in [-0.2, -0.15) is 0 Å². The van der Waals surface area contributed by atoms with Gasteiger partial charge in [-0.1, -0.05) is 42.0 Å². The molecule has 3 aromatic rings.